The van der Waals surface area contributed by atoms with Gasteiger partial charge in [0.05, 0.1) is 18.3 Å². The minimum absolute atomic E-state index is 0.278. The van der Waals surface area contributed by atoms with Crippen molar-refractivity contribution in [2.24, 2.45) is 10.5 Å². The van der Waals surface area contributed by atoms with Crippen LogP contribution >= 0.6 is 0 Å². The van der Waals surface area contributed by atoms with Crippen LogP contribution in [0.15, 0.2) is 41.6 Å². The number of nitrogens with zero attached hydrogens (tertiary/aromatic N) is 6. The Morgan fingerprint density at radius 3 is 2.58 bits per heavy atom. The fourth-order valence-corrected chi connectivity index (χ4v) is 2.91. The maximum Gasteiger partial charge on any atom is 0.416 e. The third-order valence-corrected chi connectivity index (χ3v) is 4.06. The summed E-state index contributed by atoms with van der Waals surface area (Å²) in [6.07, 6.45) is -2.72. The van der Waals surface area contributed by atoms with E-state index in [0.717, 1.165) is 18.0 Å². The zero-order chi connectivity index (χ0) is 17.4. The van der Waals surface area contributed by atoms with Crippen LogP contribution < -0.4 is 4.90 Å². The second-order valence-corrected chi connectivity index (χ2v) is 6.18. The summed E-state index contributed by atoms with van der Waals surface area (Å²) < 4.78 is 40.0. The van der Waals surface area contributed by atoms with Crippen molar-refractivity contribution in [3.05, 3.63) is 52.5 Å². The van der Waals surface area contributed by atoms with Crippen molar-refractivity contribution in [3.63, 3.8) is 0 Å². The van der Waals surface area contributed by atoms with E-state index in [1.54, 1.807) is 10.9 Å². The molecule has 0 fully saturated rings. The number of fused-ring (bicyclic) bond motifs is 1. The predicted molar refractivity (Wildman–Crippen MR) is 82.8 cm³/mol. The Morgan fingerprint density at radius 2 is 1.96 bits per heavy atom. The summed E-state index contributed by atoms with van der Waals surface area (Å²) in [5.41, 5.74) is 8.15. The van der Waals surface area contributed by atoms with Gasteiger partial charge in [0.25, 0.3) is 0 Å². The highest BCUT2D eigenvalue weighted by Gasteiger charge is 2.35. The van der Waals surface area contributed by atoms with E-state index in [0.29, 0.717) is 18.8 Å². The molecule has 0 saturated heterocycles. The second kappa shape index (κ2) is 5.76. The largest absolute Gasteiger partial charge is 0.416 e. The molecule has 24 heavy (non-hydrogen) atoms. The Hall–Kier alpha value is -2.67. The van der Waals surface area contributed by atoms with E-state index < -0.39 is 11.7 Å². The first-order valence-corrected chi connectivity index (χ1v) is 7.30. The lowest BCUT2D eigenvalue weighted by Crippen LogP contribution is -2.44. The molecule has 1 aliphatic heterocycles. The van der Waals surface area contributed by atoms with Gasteiger partial charge in [-0.3, -0.25) is 0 Å². The first-order chi connectivity index (χ1) is 11.3. The SMILES string of the molecule is CC1(CN=[N+]=[N-])CN(c2ccc(C(F)(F)F)cc2)c2ccnn2C1. The van der Waals surface area contributed by atoms with Crippen molar-refractivity contribution in [2.45, 2.75) is 19.6 Å². The highest BCUT2D eigenvalue weighted by Crippen LogP contribution is 2.38. The second-order valence-electron chi connectivity index (χ2n) is 6.18. The summed E-state index contributed by atoms with van der Waals surface area (Å²) >= 11 is 0. The highest BCUT2D eigenvalue weighted by molar-refractivity contribution is 5.61. The third kappa shape index (κ3) is 3.03. The Bertz CT molecular complexity index is 775. The van der Waals surface area contributed by atoms with E-state index >= 15 is 0 Å². The molecule has 0 saturated carbocycles. The number of alkyl halides is 3. The molecule has 3 rings (SSSR count). The lowest BCUT2D eigenvalue weighted by atomic mass is 9.88. The fraction of sp³-hybridized carbons (Fsp3) is 0.400. The predicted octanol–water partition coefficient (Wildman–Crippen LogP) is 4.37. The fourth-order valence-electron chi connectivity index (χ4n) is 2.91. The molecule has 2 aromatic rings. The number of hydrogen-bond acceptors (Lipinski definition) is 3. The molecule has 0 radical (unpaired) electrons. The molecule has 1 aromatic heterocycles. The number of azide groups is 1. The van der Waals surface area contributed by atoms with Crippen molar-refractivity contribution in [1.29, 1.82) is 0 Å². The molecule has 126 valence electrons. The molecule has 0 spiro atoms. The summed E-state index contributed by atoms with van der Waals surface area (Å²) in [6.45, 7) is 3.33. The lowest BCUT2D eigenvalue weighted by Gasteiger charge is -2.41. The van der Waals surface area contributed by atoms with Crippen molar-refractivity contribution in [2.75, 3.05) is 18.0 Å². The Morgan fingerprint density at radius 1 is 1.25 bits per heavy atom. The van der Waals surface area contributed by atoms with Gasteiger partial charge >= 0.3 is 6.18 Å². The van der Waals surface area contributed by atoms with Gasteiger partial charge in [-0.1, -0.05) is 12.0 Å². The zero-order valence-electron chi connectivity index (χ0n) is 12.9. The first kappa shape index (κ1) is 16.2. The molecule has 1 aromatic carbocycles. The summed E-state index contributed by atoms with van der Waals surface area (Å²) in [5, 5.41) is 7.92. The molecular formula is C15H15F3N6. The van der Waals surface area contributed by atoms with E-state index in [2.05, 4.69) is 15.1 Å². The van der Waals surface area contributed by atoms with Crippen LogP contribution in [-0.2, 0) is 12.7 Å². The number of halogens is 3. The summed E-state index contributed by atoms with van der Waals surface area (Å²) in [7, 11) is 0. The maximum absolute atomic E-state index is 12.7. The minimum atomic E-state index is -4.36. The Kier molecular flexibility index (Phi) is 3.88. The van der Waals surface area contributed by atoms with Crippen LogP contribution in [0, 0.1) is 5.41 Å². The van der Waals surface area contributed by atoms with Gasteiger partial charge in [-0.05, 0) is 29.8 Å². The van der Waals surface area contributed by atoms with Crippen LogP contribution in [0.2, 0.25) is 0 Å². The van der Waals surface area contributed by atoms with Gasteiger partial charge in [0.1, 0.15) is 5.82 Å². The molecule has 0 bridgehead atoms. The third-order valence-electron chi connectivity index (χ3n) is 4.06. The van der Waals surface area contributed by atoms with E-state index in [4.69, 9.17) is 5.53 Å². The molecule has 9 heteroatoms. The van der Waals surface area contributed by atoms with Crippen molar-refractivity contribution in [3.8, 4) is 0 Å². The van der Waals surface area contributed by atoms with Crippen LogP contribution in [0.25, 0.3) is 10.4 Å². The van der Waals surface area contributed by atoms with Gasteiger partial charge in [-0.25, -0.2) is 4.68 Å². The molecule has 0 amide bonds. The number of aromatic nitrogens is 2. The smallest absolute Gasteiger partial charge is 0.326 e. The highest BCUT2D eigenvalue weighted by atomic mass is 19.4. The van der Waals surface area contributed by atoms with Crippen LogP contribution in [0.1, 0.15) is 12.5 Å². The van der Waals surface area contributed by atoms with Crippen molar-refractivity contribution in [1.82, 2.24) is 9.78 Å². The summed E-state index contributed by atoms with van der Waals surface area (Å²) in [6, 6.07) is 6.83. The van der Waals surface area contributed by atoms with Gasteiger partial charge in [0.15, 0.2) is 0 Å². The quantitative estimate of drug-likeness (QED) is 0.474. The number of hydrogen-bond donors (Lipinski definition) is 0. The van der Waals surface area contributed by atoms with Crippen molar-refractivity contribution < 1.29 is 13.2 Å². The van der Waals surface area contributed by atoms with Gasteiger partial charge in [0, 0.05) is 35.2 Å². The monoisotopic (exact) mass is 336 g/mol. The van der Waals surface area contributed by atoms with Gasteiger partial charge in [-0.15, -0.1) is 0 Å². The molecular weight excluding hydrogens is 321 g/mol. The van der Waals surface area contributed by atoms with Gasteiger partial charge < -0.3 is 4.90 Å². The number of benzene rings is 1. The molecule has 1 unspecified atom stereocenters. The van der Waals surface area contributed by atoms with Crippen LogP contribution in [-0.4, -0.2) is 22.9 Å². The van der Waals surface area contributed by atoms with E-state index in [1.165, 1.54) is 12.1 Å². The Labute approximate surface area is 136 Å². The zero-order valence-corrected chi connectivity index (χ0v) is 12.9. The molecule has 0 N–H and O–H groups in total. The molecule has 1 aliphatic rings. The van der Waals surface area contributed by atoms with Crippen LogP contribution in [0.3, 0.4) is 0 Å². The summed E-state index contributed by atoms with van der Waals surface area (Å²) in [4.78, 5) is 4.70. The average Bonchev–Trinajstić information content (AvgIpc) is 2.99. The molecule has 2 heterocycles. The maximum atomic E-state index is 12.7. The van der Waals surface area contributed by atoms with E-state index in [-0.39, 0.29) is 12.0 Å². The normalized spacial score (nSPS) is 20.4. The molecule has 0 aliphatic carbocycles. The lowest BCUT2D eigenvalue weighted by molar-refractivity contribution is -0.137. The number of anilines is 2. The standard InChI is InChI=1S/C15H15F3N6/c1-14(8-20-22-19)9-23(13-6-7-21-24(13)10-14)12-4-2-11(3-5-12)15(16,17)18/h2-7H,8-10H2,1H3. The van der Waals surface area contributed by atoms with Crippen LogP contribution in [0.4, 0.5) is 24.7 Å². The first-order valence-electron chi connectivity index (χ1n) is 7.30. The van der Waals surface area contributed by atoms with E-state index in [1.807, 2.05) is 17.9 Å². The molecule has 6 nitrogen and oxygen atoms in total. The van der Waals surface area contributed by atoms with Gasteiger partial charge in [-0.2, -0.15) is 18.3 Å². The topological polar surface area (TPSA) is 69.8 Å². The summed E-state index contributed by atoms with van der Waals surface area (Å²) in [5.74, 6) is 0.799. The average molecular weight is 336 g/mol. The van der Waals surface area contributed by atoms with Crippen molar-refractivity contribution >= 4 is 11.5 Å². The van der Waals surface area contributed by atoms with E-state index in [9.17, 15) is 13.2 Å². The molecule has 1 atom stereocenters. The number of rotatable bonds is 3. The van der Waals surface area contributed by atoms with Crippen LogP contribution in [0.5, 0.6) is 0 Å². The van der Waals surface area contributed by atoms with Gasteiger partial charge in [0.2, 0.25) is 0 Å². The Balaban J connectivity index is 1.96. The minimum Gasteiger partial charge on any atom is -0.326 e.